The zero-order chi connectivity index (χ0) is 17.5. The van der Waals surface area contributed by atoms with Gasteiger partial charge in [-0.1, -0.05) is 13.8 Å². The van der Waals surface area contributed by atoms with E-state index in [1.165, 1.54) is 0 Å². The van der Waals surface area contributed by atoms with Crippen molar-refractivity contribution in [1.29, 1.82) is 0 Å². The van der Waals surface area contributed by atoms with Gasteiger partial charge < -0.3 is 15.5 Å². The van der Waals surface area contributed by atoms with Gasteiger partial charge >= 0.3 is 0 Å². The number of hydrogen-bond acceptors (Lipinski definition) is 4. The number of pyridine rings is 1. The fourth-order valence-corrected chi connectivity index (χ4v) is 2.18. The summed E-state index contributed by atoms with van der Waals surface area (Å²) >= 11 is 0. The van der Waals surface area contributed by atoms with Crippen molar-refractivity contribution in [3.05, 3.63) is 48.3 Å². The molecule has 0 spiro atoms. The van der Waals surface area contributed by atoms with Crippen LogP contribution in [0.25, 0.3) is 0 Å². The first kappa shape index (κ1) is 17.8. The maximum atomic E-state index is 12.2. The van der Waals surface area contributed by atoms with E-state index in [-0.39, 0.29) is 5.91 Å². The van der Waals surface area contributed by atoms with Gasteiger partial charge in [0.15, 0.2) is 0 Å². The van der Waals surface area contributed by atoms with Gasteiger partial charge in [-0.2, -0.15) is 0 Å². The van der Waals surface area contributed by atoms with Crippen molar-refractivity contribution < 1.29 is 4.79 Å². The normalized spacial score (nSPS) is 10.5. The molecule has 1 aromatic carbocycles. The number of aromatic nitrogens is 1. The standard InChI is InChI=1S/C19H26N4O/c1-14(2)11-12-20-16-7-10-18(21-13-16)19(24)22-15-5-8-17(9-6-15)23(3)4/h5-10,13-14,20H,11-12H2,1-4H3,(H,22,24). The number of carbonyl (C=O) groups excluding carboxylic acids is 1. The molecule has 0 aliphatic carbocycles. The summed E-state index contributed by atoms with van der Waals surface area (Å²) in [5, 5.41) is 6.17. The predicted molar refractivity (Wildman–Crippen MR) is 101 cm³/mol. The third-order valence-electron chi connectivity index (χ3n) is 3.69. The Bertz CT molecular complexity index is 648. The first-order valence-corrected chi connectivity index (χ1v) is 8.24. The van der Waals surface area contributed by atoms with Gasteiger partial charge in [0, 0.05) is 32.0 Å². The van der Waals surface area contributed by atoms with Crippen LogP contribution in [0.4, 0.5) is 17.1 Å². The zero-order valence-corrected chi connectivity index (χ0v) is 14.8. The van der Waals surface area contributed by atoms with E-state index in [0.717, 1.165) is 30.0 Å². The number of nitrogens with zero attached hydrogens (tertiary/aromatic N) is 2. The second-order valence-corrected chi connectivity index (χ2v) is 6.44. The van der Waals surface area contributed by atoms with Crippen LogP contribution in [-0.2, 0) is 0 Å². The van der Waals surface area contributed by atoms with Gasteiger partial charge in [0.25, 0.3) is 5.91 Å². The molecule has 2 N–H and O–H groups in total. The van der Waals surface area contributed by atoms with Crippen molar-refractivity contribution in [3.63, 3.8) is 0 Å². The number of amides is 1. The van der Waals surface area contributed by atoms with Gasteiger partial charge in [0.2, 0.25) is 0 Å². The van der Waals surface area contributed by atoms with Gasteiger partial charge in [-0.25, -0.2) is 4.98 Å². The lowest BCUT2D eigenvalue weighted by atomic mass is 10.1. The van der Waals surface area contributed by atoms with Crippen molar-refractivity contribution in [2.45, 2.75) is 20.3 Å². The molecular formula is C19H26N4O. The first-order chi connectivity index (χ1) is 11.5. The summed E-state index contributed by atoms with van der Waals surface area (Å²) in [5.74, 6) is 0.454. The van der Waals surface area contributed by atoms with Crippen LogP contribution in [0.1, 0.15) is 30.8 Å². The van der Waals surface area contributed by atoms with Crippen molar-refractivity contribution >= 4 is 23.0 Å². The summed E-state index contributed by atoms with van der Waals surface area (Å²) in [7, 11) is 3.96. The van der Waals surface area contributed by atoms with Crippen LogP contribution < -0.4 is 15.5 Å². The predicted octanol–water partition coefficient (Wildman–Crippen LogP) is 3.86. The molecular weight excluding hydrogens is 300 g/mol. The summed E-state index contributed by atoms with van der Waals surface area (Å²) in [4.78, 5) is 18.5. The molecule has 24 heavy (non-hydrogen) atoms. The maximum absolute atomic E-state index is 12.2. The molecule has 0 bridgehead atoms. The molecule has 0 aliphatic rings. The van der Waals surface area contributed by atoms with E-state index in [2.05, 4.69) is 29.5 Å². The molecule has 5 nitrogen and oxygen atoms in total. The molecule has 128 valence electrons. The van der Waals surface area contributed by atoms with E-state index < -0.39 is 0 Å². The van der Waals surface area contributed by atoms with Gasteiger partial charge in [-0.15, -0.1) is 0 Å². The molecule has 0 atom stereocenters. The highest BCUT2D eigenvalue weighted by Gasteiger charge is 2.08. The molecule has 0 aliphatic heterocycles. The third-order valence-corrected chi connectivity index (χ3v) is 3.69. The summed E-state index contributed by atoms with van der Waals surface area (Å²) in [6, 6.07) is 11.3. The van der Waals surface area contributed by atoms with E-state index in [0.29, 0.717) is 11.6 Å². The molecule has 1 amide bonds. The Balaban J connectivity index is 1.92. The van der Waals surface area contributed by atoms with Crippen LogP contribution in [0, 0.1) is 5.92 Å². The number of hydrogen-bond donors (Lipinski definition) is 2. The summed E-state index contributed by atoms with van der Waals surface area (Å²) in [5.41, 5.74) is 3.18. The SMILES string of the molecule is CC(C)CCNc1ccc(C(=O)Nc2ccc(N(C)C)cc2)nc1. The lowest BCUT2D eigenvalue weighted by Gasteiger charge is -2.13. The van der Waals surface area contributed by atoms with Gasteiger partial charge in [-0.05, 0) is 48.7 Å². The van der Waals surface area contributed by atoms with E-state index in [1.54, 1.807) is 12.3 Å². The van der Waals surface area contributed by atoms with Crippen molar-refractivity contribution in [3.8, 4) is 0 Å². The number of carbonyl (C=O) groups is 1. The lowest BCUT2D eigenvalue weighted by molar-refractivity contribution is 0.102. The van der Waals surface area contributed by atoms with Crippen LogP contribution in [0.2, 0.25) is 0 Å². The molecule has 1 aromatic heterocycles. The Morgan fingerprint density at radius 3 is 2.29 bits per heavy atom. The zero-order valence-electron chi connectivity index (χ0n) is 14.8. The van der Waals surface area contributed by atoms with Crippen LogP contribution in [0.5, 0.6) is 0 Å². The van der Waals surface area contributed by atoms with E-state index >= 15 is 0 Å². The average molecular weight is 326 g/mol. The van der Waals surface area contributed by atoms with Gasteiger partial charge in [0.05, 0.1) is 11.9 Å². The summed E-state index contributed by atoms with van der Waals surface area (Å²) in [6.07, 6.45) is 2.80. The molecule has 0 saturated heterocycles. The Kier molecular flexibility index (Phi) is 6.18. The van der Waals surface area contributed by atoms with Crippen LogP contribution in [-0.4, -0.2) is 31.5 Å². The minimum Gasteiger partial charge on any atom is -0.384 e. The largest absolute Gasteiger partial charge is 0.384 e. The molecule has 2 aromatic rings. The second-order valence-electron chi connectivity index (χ2n) is 6.44. The minimum atomic E-state index is -0.207. The topological polar surface area (TPSA) is 57.3 Å². The minimum absolute atomic E-state index is 0.207. The average Bonchev–Trinajstić information content (AvgIpc) is 2.55. The summed E-state index contributed by atoms with van der Waals surface area (Å²) in [6.45, 7) is 5.29. The summed E-state index contributed by atoms with van der Waals surface area (Å²) < 4.78 is 0. The molecule has 2 rings (SSSR count). The van der Waals surface area contributed by atoms with E-state index in [4.69, 9.17) is 0 Å². The van der Waals surface area contributed by atoms with E-state index in [9.17, 15) is 4.79 Å². The van der Waals surface area contributed by atoms with Gasteiger partial charge in [0.1, 0.15) is 5.69 Å². The highest BCUT2D eigenvalue weighted by Crippen LogP contribution is 2.16. The Hall–Kier alpha value is -2.56. The number of benzene rings is 1. The monoisotopic (exact) mass is 326 g/mol. The third kappa shape index (κ3) is 5.26. The maximum Gasteiger partial charge on any atom is 0.274 e. The molecule has 0 saturated carbocycles. The molecule has 0 fully saturated rings. The highest BCUT2D eigenvalue weighted by atomic mass is 16.1. The number of rotatable bonds is 7. The molecule has 1 heterocycles. The van der Waals surface area contributed by atoms with Crippen molar-refractivity contribution in [2.24, 2.45) is 5.92 Å². The smallest absolute Gasteiger partial charge is 0.274 e. The van der Waals surface area contributed by atoms with Crippen molar-refractivity contribution in [1.82, 2.24) is 4.98 Å². The van der Waals surface area contributed by atoms with E-state index in [1.807, 2.05) is 49.3 Å². The fourth-order valence-electron chi connectivity index (χ4n) is 2.18. The molecule has 5 heteroatoms. The lowest BCUT2D eigenvalue weighted by Crippen LogP contribution is -2.14. The van der Waals surface area contributed by atoms with Crippen LogP contribution >= 0.6 is 0 Å². The Labute approximate surface area is 144 Å². The Morgan fingerprint density at radius 1 is 1.08 bits per heavy atom. The number of anilines is 3. The van der Waals surface area contributed by atoms with Crippen molar-refractivity contribution in [2.75, 3.05) is 36.2 Å². The first-order valence-electron chi connectivity index (χ1n) is 8.24. The quantitative estimate of drug-likeness (QED) is 0.811. The second kappa shape index (κ2) is 8.34. The number of nitrogens with one attached hydrogen (secondary N) is 2. The van der Waals surface area contributed by atoms with Crippen LogP contribution in [0.3, 0.4) is 0 Å². The molecule has 0 radical (unpaired) electrons. The molecule has 0 unspecified atom stereocenters. The highest BCUT2D eigenvalue weighted by molar-refractivity contribution is 6.03. The fraction of sp³-hybridized carbons (Fsp3) is 0.368. The van der Waals surface area contributed by atoms with Gasteiger partial charge in [-0.3, -0.25) is 4.79 Å². The Morgan fingerprint density at radius 2 is 1.75 bits per heavy atom. The van der Waals surface area contributed by atoms with Crippen LogP contribution in [0.15, 0.2) is 42.6 Å².